The standard InChI is InChI=1S/C12H8F2N2O3.C7H5BrF2.C7H7NO3.C6H5NO3.C5H5N3O2/c13-8-2-1-7(5-9(8)14)6-16-4-3-15-10(11(16)17)12(18)19;8-4-5-1-2-6(9)7(10)3-5;1-11-7(10)6-5(9)3-2-4-8-6;8-4-2-1-3-7-5(4)6(9)10;6-4-3(5(9)10)7-1-2-8-4/h1-5H,6H2,(H,18,19);1-3H,4H2;2,4H,3H2,1H3;1,3H,2H2,(H,9,10);1-2H,(H2,6,8)(H,9,10). The van der Waals surface area contributed by atoms with E-state index in [0.717, 1.165) is 34.5 Å². The maximum atomic E-state index is 13.0. The molecule has 0 spiro atoms. The molecule has 60 heavy (non-hydrogen) atoms. The van der Waals surface area contributed by atoms with Gasteiger partial charge in [0, 0.05) is 55.4 Å². The minimum atomic E-state index is -1.44. The smallest absolute Gasteiger partial charge is 0.360 e. The van der Waals surface area contributed by atoms with Gasteiger partial charge in [-0.05, 0) is 35.4 Å². The van der Waals surface area contributed by atoms with Crippen LogP contribution in [0.5, 0.6) is 0 Å². The molecule has 23 heteroatoms. The lowest BCUT2D eigenvalue weighted by Crippen LogP contribution is -2.27. The molecule has 0 fully saturated rings. The number of Topliss-reactive ketones (excluding diaryl/α,β-unsaturated/α-hetero) is 2. The maximum Gasteiger partial charge on any atom is 0.360 e. The number of benzene rings is 2. The zero-order valence-electron chi connectivity index (χ0n) is 30.7. The van der Waals surface area contributed by atoms with Crippen molar-refractivity contribution in [2.24, 2.45) is 9.98 Å². The minimum absolute atomic E-state index is 0.0602. The van der Waals surface area contributed by atoms with Crippen LogP contribution in [0.1, 0.15) is 44.9 Å². The molecule has 0 saturated carbocycles. The molecule has 6 rings (SSSR count). The summed E-state index contributed by atoms with van der Waals surface area (Å²) in [5, 5.41) is 26.0. The summed E-state index contributed by atoms with van der Waals surface area (Å²) >= 11 is 3.13. The quantitative estimate of drug-likeness (QED) is 0.116. The highest BCUT2D eigenvalue weighted by Crippen LogP contribution is 2.11. The number of rotatable bonds is 7. The Hall–Kier alpha value is -7.56. The molecular formula is C37H30BrF4N7O11. The Morgan fingerprint density at radius 1 is 0.717 bits per heavy atom. The van der Waals surface area contributed by atoms with Crippen molar-refractivity contribution in [3.63, 3.8) is 0 Å². The number of aromatic nitrogens is 4. The van der Waals surface area contributed by atoms with E-state index in [-0.39, 0.29) is 48.1 Å². The number of aliphatic imine (C=N–C) groups is 2. The number of carboxylic acid groups (broad SMARTS) is 3. The van der Waals surface area contributed by atoms with E-state index in [4.69, 9.17) is 21.1 Å². The van der Waals surface area contributed by atoms with Gasteiger partial charge in [-0.15, -0.1) is 0 Å². The molecule has 0 aliphatic carbocycles. The van der Waals surface area contributed by atoms with Crippen molar-refractivity contribution in [2.75, 3.05) is 12.8 Å². The van der Waals surface area contributed by atoms with Gasteiger partial charge in [0.1, 0.15) is 0 Å². The van der Waals surface area contributed by atoms with Gasteiger partial charge in [0.15, 0.2) is 57.8 Å². The Labute approximate surface area is 343 Å². The van der Waals surface area contributed by atoms with E-state index in [0.29, 0.717) is 10.9 Å². The van der Waals surface area contributed by atoms with E-state index in [9.17, 15) is 51.1 Å². The first-order chi connectivity index (χ1) is 28.4. The Kier molecular flexibility index (Phi) is 19.7. The molecule has 18 nitrogen and oxygen atoms in total. The van der Waals surface area contributed by atoms with Crippen molar-refractivity contribution in [1.29, 1.82) is 0 Å². The average Bonchev–Trinajstić information content (AvgIpc) is 3.22. The summed E-state index contributed by atoms with van der Waals surface area (Å²) in [6.07, 6.45) is 11.3. The van der Waals surface area contributed by atoms with E-state index in [1.807, 2.05) is 0 Å². The number of hydrogen-bond donors (Lipinski definition) is 4. The molecule has 0 radical (unpaired) electrons. The molecule has 0 bridgehead atoms. The second kappa shape index (κ2) is 24.3. The number of aliphatic carboxylic acids is 1. The predicted octanol–water partition coefficient (Wildman–Crippen LogP) is 3.97. The number of halogens is 5. The van der Waals surface area contributed by atoms with Crippen molar-refractivity contribution in [2.45, 2.75) is 24.7 Å². The monoisotopic (exact) mass is 903 g/mol. The third-order valence-electron chi connectivity index (χ3n) is 6.85. The Bertz CT molecular complexity index is 2440. The molecule has 0 saturated heterocycles. The number of allylic oxidation sites excluding steroid dienone is 2. The summed E-state index contributed by atoms with van der Waals surface area (Å²) in [6, 6.07) is 7.02. The van der Waals surface area contributed by atoms with Gasteiger partial charge >= 0.3 is 23.9 Å². The van der Waals surface area contributed by atoms with Crippen molar-refractivity contribution >= 4 is 68.6 Å². The lowest BCUT2D eigenvalue weighted by atomic mass is 10.1. The van der Waals surface area contributed by atoms with Crippen LogP contribution in [0.15, 0.2) is 101 Å². The largest absolute Gasteiger partial charge is 0.476 e. The molecular weight excluding hydrogens is 874 g/mol. The first kappa shape index (κ1) is 48.6. The fraction of sp³-hybridized carbons (Fsp3) is 0.135. The fourth-order valence-corrected chi connectivity index (χ4v) is 4.39. The number of carbonyl (C=O) groups excluding carboxylic acids is 3. The number of anilines is 1. The number of hydrogen-bond acceptors (Lipinski definition) is 14. The van der Waals surface area contributed by atoms with Gasteiger partial charge in [-0.3, -0.25) is 14.4 Å². The number of nitrogen functional groups attached to an aromatic ring is 1. The average molecular weight is 905 g/mol. The van der Waals surface area contributed by atoms with Crippen LogP contribution in [-0.4, -0.2) is 88.8 Å². The number of carboxylic acids is 3. The van der Waals surface area contributed by atoms with Crippen LogP contribution in [0.4, 0.5) is 23.4 Å². The van der Waals surface area contributed by atoms with Gasteiger partial charge < -0.3 is 30.4 Å². The molecule has 314 valence electrons. The molecule has 2 aliphatic rings. The molecule has 0 atom stereocenters. The molecule has 5 N–H and O–H groups in total. The Morgan fingerprint density at radius 2 is 1.22 bits per heavy atom. The molecule has 2 aliphatic heterocycles. The summed E-state index contributed by atoms with van der Waals surface area (Å²) in [6.45, 7) is -0.0706. The van der Waals surface area contributed by atoms with E-state index < -0.39 is 64.2 Å². The highest BCUT2D eigenvalue weighted by atomic mass is 79.9. The summed E-state index contributed by atoms with van der Waals surface area (Å²) < 4.78 is 55.8. The van der Waals surface area contributed by atoms with Crippen LogP contribution in [0.2, 0.25) is 0 Å². The highest BCUT2D eigenvalue weighted by Gasteiger charge is 2.21. The summed E-state index contributed by atoms with van der Waals surface area (Å²) in [5.41, 5.74) is 4.12. The Balaban J connectivity index is 0.000000267. The summed E-state index contributed by atoms with van der Waals surface area (Å²) in [4.78, 5) is 92.7. The van der Waals surface area contributed by atoms with E-state index >= 15 is 0 Å². The van der Waals surface area contributed by atoms with Gasteiger partial charge in [0.25, 0.3) is 5.56 Å². The fourth-order valence-electron chi connectivity index (χ4n) is 4.04. The zero-order valence-corrected chi connectivity index (χ0v) is 32.3. The number of esters is 1. The summed E-state index contributed by atoms with van der Waals surface area (Å²) in [5.74, 6) is -8.93. The maximum absolute atomic E-state index is 13.0. The van der Waals surface area contributed by atoms with Gasteiger partial charge in [0.05, 0.1) is 13.7 Å². The Morgan fingerprint density at radius 3 is 1.65 bits per heavy atom. The lowest BCUT2D eigenvalue weighted by molar-refractivity contribution is -0.134. The normalized spacial score (nSPS) is 12.2. The van der Waals surface area contributed by atoms with Crippen molar-refractivity contribution in [3.8, 4) is 0 Å². The first-order valence-electron chi connectivity index (χ1n) is 16.3. The molecule has 0 unspecified atom stereocenters. The highest BCUT2D eigenvalue weighted by molar-refractivity contribution is 9.08. The third kappa shape index (κ3) is 15.4. The second-order valence-electron chi connectivity index (χ2n) is 11.0. The number of methoxy groups -OCH3 is 1. The van der Waals surface area contributed by atoms with Crippen LogP contribution in [-0.2, 0) is 35.8 Å². The van der Waals surface area contributed by atoms with Crippen LogP contribution >= 0.6 is 15.9 Å². The van der Waals surface area contributed by atoms with Gasteiger partial charge in [-0.2, -0.15) is 0 Å². The number of nitrogens with zero attached hydrogens (tertiary/aromatic N) is 6. The van der Waals surface area contributed by atoms with Gasteiger partial charge in [-0.1, -0.05) is 40.2 Å². The van der Waals surface area contributed by atoms with E-state index in [1.54, 1.807) is 6.08 Å². The first-order valence-corrected chi connectivity index (χ1v) is 17.4. The molecule has 4 heterocycles. The van der Waals surface area contributed by atoms with Gasteiger partial charge in [-0.25, -0.2) is 61.7 Å². The van der Waals surface area contributed by atoms with E-state index in [2.05, 4.69) is 45.6 Å². The van der Waals surface area contributed by atoms with Crippen LogP contribution in [0, 0.1) is 23.3 Å². The van der Waals surface area contributed by atoms with Crippen LogP contribution < -0.4 is 11.3 Å². The SMILES string of the molecule is COC(=O)C1=NC=CCC1=O.Fc1ccc(CBr)cc1F.Nc1nccnc1C(=O)O.O=C(O)C1=NC=CCC1=O.O=C(O)c1nccn(Cc2ccc(F)c(F)c2)c1=O. The van der Waals surface area contributed by atoms with Crippen molar-refractivity contribution < 1.29 is 66.4 Å². The molecule has 2 aromatic heterocycles. The van der Waals surface area contributed by atoms with Crippen LogP contribution in [0.3, 0.4) is 0 Å². The molecule has 4 aromatic rings. The number of aromatic carboxylic acids is 2. The van der Waals surface area contributed by atoms with Crippen molar-refractivity contribution in [1.82, 2.24) is 19.5 Å². The zero-order chi connectivity index (χ0) is 44.9. The third-order valence-corrected chi connectivity index (χ3v) is 7.50. The number of alkyl halides is 1. The number of nitrogens with two attached hydrogens (primary N) is 1. The number of ketones is 2. The molecule has 2 aromatic carbocycles. The number of ether oxygens (including phenoxy) is 1. The van der Waals surface area contributed by atoms with Gasteiger partial charge in [0.2, 0.25) is 5.69 Å². The van der Waals surface area contributed by atoms with E-state index in [1.165, 1.54) is 62.4 Å². The van der Waals surface area contributed by atoms with Crippen molar-refractivity contribution in [3.05, 3.63) is 142 Å². The van der Waals surface area contributed by atoms with Crippen LogP contribution in [0.25, 0.3) is 0 Å². The lowest BCUT2D eigenvalue weighted by Gasteiger charge is -2.06. The second-order valence-corrected chi connectivity index (χ2v) is 11.6. The molecule has 0 amide bonds. The topological polar surface area (TPSA) is 284 Å². The minimum Gasteiger partial charge on any atom is -0.476 e. The number of carbonyl (C=O) groups is 6. The predicted molar refractivity (Wildman–Crippen MR) is 205 cm³/mol. The summed E-state index contributed by atoms with van der Waals surface area (Å²) in [7, 11) is 1.22.